The van der Waals surface area contributed by atoms with Gasteiger partial charge in [-0.25, -0.2) is 4.98 Å². The number of thiazole rings is 1. The Labute approximate surface area is 164 Å². The van der Waals surface area contributed by atoms with Crippen LogP contribution in [0.2, 0.25) is 4.34 Å². The predicted molar refractivity (Wildman–Crippen MR) is 109 cm³/mol. The zero-order valence-electron chi connectivity index (χ0n) is 13.8. The Kier molecular flexibility index (Phi) is 4.95. The van der Waals surface area contributed by atoms with E-state index in [1.165, 1.54) is 4.88 Å². The quantitative estimate of drug-likeness (QED) is 0.580. The minimum Gasteiger partial charge on any atom is -0.360 e. The van der Waals surface area contributed by atoms with Crippen molar-refractivity contribution in [2.75, 3.05) is 17.2 Å². The number of fused-ring (bicyclic) bond motifs is 1. The number of halogens is 1. The molecule has 0 bridgehead atoms. The van der Waals surface area contributed by atoms with E-state index in [0.717, 1.165) is 37.6 Å². The van der Waals surface area contributed by atoms with Gasteiger partial charge in [0.25, 0.3) is 0 Å². The number of anilines is 2. The fourth-order valence-corrected chi connectivity index (χ4v) is 4.88. The molecule has 1 aliphatic heterocycles. The Hall–Kier alpha value is -1.93. The molecule has 1 aliphatic rings. The molecular formula is C18H17ClN4OS2. The number of thiophene rings is 1. The Morgan fingerprint density at radius 3 is 3.00 bits per heavy atom. The van der Waals surface area contributed by atoms with Gasteiger partial charge in [-0.2, -0.15) is 0 Å². The van der Waals surface area contributed by atoms with Crippen molar-refractivity contribution >= 4 is 51.0 Å². The largest absolute Gasteiger partial charge is 0.360 e. The first-order chi connectivity index (χ1) is 12.6. The van der Waals surface area contributed by atoms with Crippen molar-refractivity contribution in [2.45, 2.75) is 18.9 Å². The fraction of sp³-hybridized carbons (Fsp3) is 0.222. The Morgan fingerprint density at radius 1 is 1.31 bits per heavy atom. The molecule has 0 saturated carbocycles. The summed E-state index contributed by atoms with van der Waals surface area (Å²) >= 11 is 9.10. The number of carbonyl (C=O) groups excluding carboxylic acids is 1. The van der Waals surface area contributed by atoms with Gasteiger partial charge in [-0.15, -0.1) is 11.3 Å². The molecule has 2 aromatic heterocycles. The van der Waals surface area contributed by atoms with E-state index in [0.29, 0.717) is 13.0 Å². The van der Waals surface area contributed by atoms with Crippen LogP contribution in [-0.4, -0.2) is 23.5 Å². The lowest BCUT2D eigenvalue weighted by atomic mass is 10.1. The van der Waals surface area contributed by atoms with Gasteiger partial charge in [0.15, 0.2) is 5.13 Å². The van der Waals surface area contributed by atoms with Crippen LogP contribution in [0.15, 0.2) is 36.5 Å². The molecule has 134 valence electrons. The molecule has 1 unspecified atom stereocenters. The van der Waals surface area contributed by atoms with Crippen LogP contribution in [0.4, 0.5) is 10.8 Å². The molecule has 1 aromatic carbocycles. The van der Waals surface area contributed by atoms with Crippen molar-refractivity contribution in [1.82, 2.24) is 4.98 Å². The standard InChI is InChI=1S/C18H17ClN4OS2/c19-16-4-2-13(25-16)7-12(20)8-21-18-22-9-15(26-18)10-1-3-14-11(5-10)6-17(24)23-14/h1-5,9,12H,6-8,20H2,(H,21,22)(H,23,24). The highest BCUT2D eigenvalue weighted by Gasteiger charge is 2.18. The molecule has 4 N–H and O–H groups in total. The van der Waals surface area contributed by atoms with Gasteiger partial charge in [-0.1, -0.05) is 29.0 Å². The SMILES string of the molecule is NC(CNc1ncc(-c2ccc3c(c2)CC(=O)N3)s1)Cc1ccc(Cl)s1. The number of nitrogens with one attached hydrogen (secondary N) is 2. The minimum absolute atomic E-state index is 0.00542. The highest BCUT2D eigenvalue weighted by atomic mass is 35.5. The normalized spacial score (nSPS) is 14.2. The molecule has 26 heavy (non-hydrogen) atoms. The molecule has 3 aromatic rings. The summed E-state index contributed by atoms with van der Waals surface area (Å²) in [5, 5.41) is 7.00. The molecule has 8 heteroatoms. The third kappa shape index (κ3) is 3.91. The second kappa shape index (κ2) is 7.36. The van der Waals surface area contributed by atoms with Crippen LogP contribution < -0.4 is 16.4 Å². The van der Waals surface area contributed by atoms with Gasteiger partial charge in [-0.05, 0) is 41.8 Å². The molecule has 1 amide bonds. The Bertz CT molecular complexity index is 952. The number of aromatic nitrogens is 1. The molecule has 0 saturated heterocycles. The summed E-state index contributed by atoms with van der Waals surface area (Å²) < 4.78 is 0.788. The number of hydrogen-bond acceptors (Lipinski definition) is 6. The van der Waals surface area contributed by atoms with Crippen molar-refractivity contribution in [3.8, 4) is 10.4 Å². The summed E-state index contributed by atoms with van der Waals surface area (Å²) in [6.45, 7) is 0.644. The summed E-state index contributed by atoms with van der Waals surface area (Å²) in [5.74, 6) is 0.0461. The molecular weight excluding hydrogens is 388 g/mol. The maximum Gasteiger partial charge on any atom is 0.228 e. The Morgan fingerprint density at radius 2 is 2.19 bits per heavy atom. The number of hydrogen-bond donors (Lipinski definition) is 3. The number of nitrogens with two attached hydrogens (primary N) is 1. The van der Waals surface area contributed by atoms with Crippen LogP contribution in [0.5, 0.6) is 0 Å². The van der Waals surface area contributed by atoms with Gasteiger partial charge < -0.3 is 16.4 Å². The molecule has 0 aliphatic carbocycles. The lowest BCUT2D eigenvalue weighted by Gasteiger charge is -2.10. The molecule has 0 fully saturated rings. The van der Waals surface area contributed by atoms with E-state index in [9.17, 15) is 4.79 Å². The number of carbonyl (C=O) groups is 1. The maximum absolute atomic E-state index is 11.5. The highest BCUT2D eigenvalue weighted by molar-refractivity contribution is 7.18. The first-order valence-corrected chi connectivity index (χ1v) is 10.2. The van der Waals surface area contributed by atoms with E-state index in [1.54, 1.807) is 22.7 Å². The van der Waals surface area contributed by atoms with E-state index in [1.807, 2.05) is 30.5 Å². The second-order valence-corrected chi connectivity index (χ2v) is 9.01. The zero-order chi connectivity index (χ0) is 18.1. The summed E-state index contributed by atoms with van der Waals surface area (Å²) in [7, 11) is 0. The number of nitrogens with zero attached hydrogens (tertiary/aromatic N) is 1. The van der Waals surface area contributed by atoms with Crippen molar-refractivity contribution < 1.29 is 4.79 Å². The number of benzene rings is 1. The second-order valence-electron chi connectivity index (χ2n) is 6.18. The van der Waals surface area contributed by atoms with Crippen molar-refractivity contribution in [1.29, 1.82) is 0 Å². The van der Waals surface area contributed by atoms with E-state index in [4.69, 9.17) is 17.3 Å². The van der Waals surface area contributed by atoms with Crippen LogP contribution in [-0.2, 0) is 17.6 Å². The fourth-order valence-electron chi connectivity index (χ4n) is 2.88. The molecule has 0 radical (unpaired) electrons. The van der Waals surface area contributed by atoms with Gasteiger partial charge in [-0.3, -0.25) is 4.79 Å². The molecule has 4 rings (SSSR count). The maximum atomic E-state index is 11.5. The van der Waals surface area contributed by atoms with Crippen LogP contribution in [0.3, 0.4) is 0 Å². The monoisotopic (exact) mass is 404 g/mol. The first-order valence-electron chi connectivity index (χ1n) is 8.19. The van der Waals surface area contributed by atoms with Gasteiger partial charge in [0.2, 0.25) is 5.91 Å². The third-order valence-corrected chi connectivity index (χ3v) is 6.39. The van der Waals surface area contributed by atoms with Crippen LogP contribution >= 0.6 is 34.3 Å². The van der Waals surface area contributed by atoms with Gasteiger partial charge in [0.1, 0.15) is 0 Å². The predicted octanol–water partition coefficient (Wildman–Crippen LogP) is 4.00. The van der Waals surface area contributed by atoms with Gasteiger partial charge in [0, 0.05) is 29.3 Å². The molecule has 1 atom stereocenters. The molecule has 3 heterocycles. The minimum atomic E-state index is -0.00542. The van der Waals surface area contributed by atoms with Crippen LogP contribution in [0.25, 0.3) is 10.4 Å². The number of rotatable bonds is 6. The van der Waals surface area contributed by atoms with Gasteiger partial charge in [0.05, 0.1) is 15.6 Å². The smallest absolute Gasteiger partial charge is 0.228 e. The topological polar surface area (TPSA) is 80.0 Å². The van der Waals surface area contributed by atoms with Gasteiger partial charge >= 0.3 is 0 Å². The summed E-state index contributed by atoms with van der Waals surface area (Å²) in [4.78, 5) is 18.2. The van der Waals surface area contributed by atoms with E-state index < -0.39 is 0 Å². The van der Waals surface area contributed by atoms with E-state index in [-0.39, 0.29) is 11.9 Å². The van der Waals surface area contributed by atoms with Crippen molar-refractivity contribution in [2.24, 2.45) is 5.73 Å². The van der Waals surface area contributed by atoms with Crippen LogP contribution in [0, 0.1) is 0 Å². The zero-order valence-corrected chi connectivity index (χ0v) is 16.2. The highest BCUT2D eigenvalue weighted by Crippen LogP contribution is 2.33. The Balaban J connectivity index is 1.37. The molecule has 5 nitrogen and oxygen atoms in total. The van der Waals surface area contributed by atoms with Crippen LogP contribution in [0.1, 0.15) is 10.4 Å². The lowest BCUT2D eigenvalue weighted by Crippen LogP contribution is -2.30. The van der Waals surface area contributed by atoms with E-state index in [2.05, 4.69) is 21.7 Å². The third-order valence-electron chi connectivity index (χ3n) is 4.13. The van der Waals surface area contributed by atoms with Crippen molar-refractivity contribution in [3.63, 3.8) is 0 Å². The summed E-state index contributed by atoms with van der Waals surface area (Å²) in [5.41, 5.74) is 9.21. The summed E-state index contributed by atoms with van der Waals surface area (Å²) in [6, 6.07) is 9.92. The van der Waals surface area contributed by atoms with Crippen molar-refractivity contribution in [3.05, 3.63) is 51.3 Å². The number of amides is 1. The average Bonchev–Trinajstić information content (AvgIpc) is 3.31. The first kappa shape index (κ1) is 17.5. The van der Waals surface area contributed by atoms with E-state index >= 15 is 0 Å². The molecule has 0 spiro atoms. The summed E-state index contributed by atoms with van der Waals surface area (Å²) in [6.07, 6.45) is 3.08. The lowest BCUT2D eigenvalue weighted by molar-refractivity contribution is -0.115. The average molecular weight is 405 g/mol.